The molecule has 1 atom stereocenters. The van der Waals surface area contributed by atoms with Gasteiger partial charge in [-0.15, -0.1) is 0 Å². The van der Waals surface area contributed by atoms with Crippen LogP contribution in [0.2, 0.25) is 0 Å². The van der Waals surface area contributed by atoms with Gasteiger partial charge in [0.2, 0.25) is 0 Å². The number of ketones is 1. The number of nitrogens with one attached hydrogen (secondary N) is 1. The number of carbonyl (C=O) groups is 1. The number of rotatable bonds is 3. The summed E-state index contributed by atoms with van der Waals surface area (Å²) in [5.41, 5.74) is 6.61. The second kappa shape index (κ2) is 3.34. The zero-order valence-corrected chi connectivity index (χ0v) is 6.50. The fraction of sp³-hybridized carbons (Fsp3) is 0.375. The molecule has 3 nitrogen and oxygen atoms in total. The number of carbonyl (C=O) groups excluding carboxylic acids is 1. The van der Waals surface area contributed by atoms with Crippen LogP contribution in [0.5, 0.6) is 0 Å². The molecule has 1 rings (SSSR count). The summed E-state index contributed by atoms with van der Waals surface area (Å²) in [5, 5.41) is 0. The summed E-state index contributed by atoms with van der Waals surface area (Å²) in [4.78, 5) is 13.6. The molecule has 0 amide bonds. The van der Waals surface area contributed by atoms with Gasteiger partial charge in [-0.05, 0) is 19.1 Å². The first-order chi connectivity index (χ1) is 5.20. The lowest BCUT2D eigenvalue weighted by atomic mass is 10.1. The molecule has 0 radical (unpaired) electrons. The minimum absolute atomic E-state index is 0.118. The lowest BCUT2D eigenvalue weighted by Crippen LogP contribution is -2.13. The van der Waals surface area contributed by atoms with Crippen LogP contribution in [0.3, 0.4) is 0 Å². The molecule has 0 aliphatic carbocycles. The minimum Gasteiger partial charge on any atom is -0.364 e. The van der Waals surface area contributed by atoms with E-state index in [0.29, 0.717) is 6.42 Å². The molecule has 1 aromatic heterocycles. The fourth-order valence-corrected chi connectivity index (χ4v) is 0.995. The van der Waals surface area contributed by atoms with Crippen LogP contribution < -0.4 is 5.73 Å². The summed E-state index contributed by atoms with van der Waals surface area (Å²) in [7, 11) is 0. The van der Waals surface area contributed by atoms with E-state index in [-0.39, 0.29) is 11.8 Å². The fourth-order valence-electron chi connectivity index (χ4n) is 0.995. The Bertz CT molecular complexity index is 228. The molecule has 0 aliphatic heterocycles. The summed E-state index contributed by atoms with van der Waals surface area (Å²) >= 11 is 0. The smallest absolute Gasteiger partial charge is 0.131 e. The third kappa shape index (κ3) is 2.20. The normalized spacial score (nSPS) is 12.9. The third-order valence-electron chi connectivity index (χ3n) is 1.53. The molecule has 3 N–H and O–H groups in total. The Morgan fingerprint density at radius 1 is 1.82 bits per heavy atom. The van der Waals surface area contributed by atoms with Crippen molar-refractivity contribution in [2.45, 2.75) is 19.4 Å². The van der Waals surface area contributed by atoms with Crippen LogP contribution >= 0.6 is 0 Å². The van der Waals surface area contributed by atoms with Crippen molar-refractivity contribution in [2.75, 3.05) is 0 Å². The summed E-state index contributed by atoms with van der Waals surface area (Å²) < 4.78 is 0. The molecule has 1 heterocycles. The van der Waals surface area contributed by atoms with Gasteiger partial charge in [-0.2, -0.15) is 0 Å². The van der Waals surface area contributed by atoms with Gasteiger partial charge < -0.3 is 10.7 Å². The summed E-state index contributed by atoms with van der Waals surface area (Å²) in [6.45, 7) is 1.54. The largest absolute Gasteiger partial charge is 0.364 e. The molecule has 1 aromatic rings. The molecule has 3 heteroatoms. The molecule has 0 aromatic carbocycles. The summed E-state index contributed by atoms with van der Waals surface area (Å²) in [6.07, 6.45) is 2.20. The molecular formula is C8H12N2O. The summed E-state index contributed by atoms with van der Waals surface area (Å²) in [5.74, 6) is 0.118. The number of aromatic nitrogens is 1. The van der Waals surface area contributed by atoms with Gasteiger partial charge in [0.05, 0.1) is 6.04 Å². The number of hydrogen-bond acceptors (Lipinski definition) is 2. The minimum atomic E-state index is -0.178. The van der Waals surface area contributed by atoms with Gasteiger partial charge in [0.15, 0.2) is 0 Å². The van der Waals surface area contributed by atoms with Crippen molar-refractivity contribution < 1.29 is 4.79 Å². The molecule has 0 spiro atoms. The highest BCUT2D eigenvalue weighted by Crippen LogP contribution is 2.10. The van der Waals surface area contributed by atoms with E-state index < -0.39 is 0 Å². The molecular weight excluding hydrogens is 140 g/mol. The average Bonchev–Trinajstić information content (AvgIpc) is 2.35. The van der Waals surface area contributed by atoms with Crippen LogP contribution in [-0.4, -0.2) is 10.8 Å². The molecule has 0 saturated heterocycles. The quantitative estimate of drug-likeness (QED) is 0.678. The van der Waals surface area contributed by atoms with Gasteiger partial charge in [-0.3, -0.25) is 4.79 Å². The maximum Gasteiger partial charge on any atom is 0.131 e. The predicted octanol–water partition coefficient (Wildman–Crippen LogP) is 0.994. The van der Waals surface area contributed by atoms with E-state index >= 15 is 0 Å². The van der Waals surface area contributed by atoms with Gasteiger partial charge in [0.25, 0.3) is 0 Å². The zero-order valence-electron chi connectivity index (χ0n) is 6.50. The van der Waals surface area contributed by atoms with E-state index in [2.05, 4.69) is 4.98 Å². The Hall–Kier alpha value is -1.09. The maximum atomic E-state index is 10.7. The predicted molar refractivity (Wildman–Crippen MR) is 43.0 cm³/mol. The molecule has 0 aliphatic rings. The van der Waals surface area contributed by atoms with Crippen LogP contribution in [0.25, 0.3) is 0 Å². The maximum absolute atomic E-state index is 10.7. The molecule has 60 valence electrons. The van der Waals surface area contributed by atoms with Crippen LogP contribution in [0.1, 0.15) is 25.1 Å². The van der Waals surface area contributed by atoms with Crippen molar-refractivity contribution in [3.63, 3.8) is 0 Å². The monoisotopic (exact) mass is 152 g/mol. The van der Waals surface area contributed by atoms with E-state index in [0.717, 1.165) is 5.69 Å². The van der Waals surface area contributed by atoms with Crippen molar-refractivity contribution >= 4 is 5.78 Å². The van der Waals surface area contributed by atoms with Crippen LogP contribution in [0, 0.1) is 0 Å². The standard InChI is InChI=1S/C8H12N2O/c1-6(11)5-7(9)8-3-2-4-10-8/h2-4,7,10H,5,9H2,1H3. The average molecular weight is 152 g/mol. The highest BCUT2D eigenvalue weighted by Gasteiger charge is 2.07. The van der Waals surface area contributed by atoms with Crippen molar-refractivity contribution in [3.8, 4) is 0 Å². The molecule has 11 heavy (non-hydrogen) atoms. The van der Waals surface area contributed by atoms with Crippen molar-refractivity contribution in [1.82, 2.24) is 4.98 Å². The summed E-state index contributed by atoms with van der Waals surface area (Å²) in [6, 6.07) is 3.57. The van der Waals surface area contributed by atoms with Gasteiger partial charge in [-0.25, -0.2) is 0 Å². The Morgan fingerprint density at radius 3 is 3.00 bits per heavy atom. The van der Waals surface area contributed by atoms with Gasteiger partial charge in [0.1, 0.15) is 5.78 Å². The molecule has 1 unspecified atom stereocenters. The number of hydrogen-bond donors (Lipinski definition) is 2. The van der Waals surface area contributed by atoms with Crippen molar-refractivity contribution in [1.29, 1.82) is 0 Å². The van der Waals surface area contributed by atoms with E-state index in [4.69, 9.17) is 5.73 Å². The Labute approximate surface area is 65.6 Å². The van der Waals surface area contributed by atoms with Crippen LogP contribution in [0.15, 0.2) is 18.3 Å². The third-order valence-corrected chi connectivity index (χ3v) is 1.53. The Morgan fingerprint density at radius 2 is 2.55 bits per heavy atom. The molecule has 0 saturated carbocycles. The highest BCUT2D eigenvalue weighted by molar-refractivity contribution is 5.76. The van der Waals surface area contributed by atoms with E-state index in [9.17, 15) is 4.79 Å². The van der Waals surface area contributed by atoms with Crippen LogP contribution in [-0.2, 0) is 4.79 Å². The second-order valence-corrected chi connectivity index (χ2v) is 2.64. The zero-order chi connectivity index (χ0) is 8.27. The van der Waals surface area contributed by atoms with Crippen molar-refractivity contribution in [3.05, 3.63) is 24.0 Å². The SMILES string of the molecule is CC(=O)CC(N)c1ccc[nH]1. The Balaban J connectivity index is 2.56. The second-order valence-electron chi connectivity index (χ2n) is 2.64. The first-order valence-corrected chi connectivity index (χ1v) is 3.58. The topological polar surface area (TPSA) is 58.9 Å². The van der Waals surface area contributed by atoms with Crippen LogP contribution in [0.4, 0.5) is 0 Å². The number of Topliss-reactive ketones (excluding diaryl/α,β-unsaturated/α-hetero) is 1. The van der Waals surface area contributed by atoms with E-state index in [1.54, 1.807) is 13.1 Å². The van der Waals surface area contributed by atoms with Crippen molar-refractivity contribution in [2.24, 2.45) is 5.73 Å². The molecule has 0 bridgehead atoms. The highest BCUT2D eigenvalue weighted by atomic mass is 16.1. The van der Waals surface area contributed by atoms with Gasteiger partial charge >= 0.3 is 0 Å². The van der Waals surface area contributed by atoms with Gasteiger partial charge in [-0.1, -0.05) is 0 Å². The number of aromatic amines is 1. The number of nitrogens with two attached hydrogens (primary N) is 1. The first kappa shape index (κ1) is 8.01. The lowest BCUT2D eigenvalue weighted by Gasteiger charge is -2.05. The number of H-pyrrole nitrogens is 1. The first-order valence-electron chi connectivity index (χ1n) is 3.58. The van der Waals surface area contributed by atoms with E-state index in [1.807, 2.05) is 12.1 Å². The van der Waals surface area contributed by atoms with Gasteiger partial charge in [0, 0.05) is 18.3 Å². The van der Waals surface area contributed by atoms with E-state index in [1.165, 1.54) is 0 Å². The Kier molecular flexibility index (Phi) is 2.44. The lowest BCUT2D eigenvalue weighted by molar-refractivity contribution is -0.117. The molecule has 0 fully saturated rings.